The minimum absolute atomic E-state index is 0.0449. The number of aryl methyl sites for hydroxylation is 1. The second-order valence-electron chi connectivity index (χ2n) is 9.39. The van der Waals surface area contributed by atoms with Crippen molar-refractivity contribution in [3.05, 3.63) is 100 Å². The van der Waals surface area contributed by atoms with Crippen molar-refractivity contribution in [1.82, 2.24) is 10.2 Å². The Morgan fingerprint density at radius 2 is 1.59 bits per heavy atom. The van der Waals surface area contributed by atoms with E-state index in [0.717, 1.165) is 21.5 Å². The fourth-order valence-corrected chi connectivity index (χ4v) is 5.40. The van der Waals surface area contributed by atoms with Gasteiger partial charge in [-0.05, 0) is 57.0 Å². The van der Waals surface area contributed by atoms with E-state index in [9.17, 15) is 28.1 Å². The number of carbonyl (C=O) groups excluding carboxylic acids is 2. The first kappa shape index (κ1) is 29.3. The van der Waals surface area contributed by atoms with Crippen molar-refractivity contribution in [2.75, 3.05) is 10.8 Å². The molecule has 3 aromatic carbocycles. The number of carbonyl (C=O) groups is 2. The van der Waals surface area contributed by atoms with Gasteiger partial charge in [0, 0.05) is 24.7 Å². The first-order valence-corrected chi connectivity index (χ1v) is 13.8. The predicted octanol–water partition coefficient (Wildman–Crippen LogP) is 4.04. The van der Waals surface area contributed by atoms with E-state index in [-0.39, 0.29) is 34.8 Å². The highest BCUT2D eigenvalue weighted by atomic mass is 32.2. The van der Waals surface area contributed by atoms with Crippen molar-refractivity contribution in [2.24, 2.45) is 0 Å². The molecule has 2 amide bonds. The Bertz CT molecular complexity index is 1440. The van der Waals surface area contributed by atoms with Gasteiger partial charge in [0.15, 0.2) is 0 Å². The molecule has 0 saturated heterocycles. The van der Waals surface area contributed by atoms with E-state index in [1.54, 1.807) is 39.0 Å². The van der Waals surface area contributed by atoms with Crippen LogP contribution in [0.15, 0.2) is 83.8 Å². The van der Waals surface area contributed by atoms with Crippen molar-refractivity contribution in [1.29, 1.82) is 0 Å². The van der Waals surface area contributed by atoms with Gasteiger partial charge in [0.1, 0.15) is 12.6 Å². The van der Waals surface area contributed by atoms with Crippen LogP contribution in [0.5, 0.6) is 0 Å². The summed E-state index contributed by atoms with van der Waals surface area (Å²) in [5, 5.41) is 14.2. The Labute approximate surface area is 228 Å². The molecule has 1 atom stereocenters. The molecule has 10 nitrogen and oxygen atoms in total. The van der Waals surface area contributed by atoms with Crippen molar-refractivity contribution in [3.63, 3.8) is 0 Å². The van der Waals surface area contributed by atoms with E-state index < -0.39 is 33.4 Å². The van der Waals surface area contributed by atoms with Crippen LogP contribution in [0.3, 0.4) is 0 Å². The Hall–Kier alpha value is -4.25. The Morgan fingerprint density at radius 1 is 0.949 bits per heavy atom. The third kappa shape index (κ3) is 7.20. The summed E-state index contributed by atoms with van der Waals surface area (Å²) < 4.78 is 28.3. The molecule has 0 heterocycles. The largest absolute Gasteiger partial charge is 0.352 e. The zero-order valence-electron chi connectivity index (χ0n) is 22.3. The highest BCUT2D eigenvalue weighted by Crippen LogP contribution is 2.27. The molecule has 0 saturated carbocycles. The monoisotopic (exact) mass is 552 g/mol. The third-order valence-corrected chi connectivity index (χ3v) is 7.93. The molecule has 0 aliphatic rings. The number of nitro groups is 1. The molecule has 206 valence electrons. The average Bonchev–Trinajstić information content (AvgIpc) is 2.90. The molecule has 0 fully saturated rings. The fourth-order valence-electron chi connectivity index (χ4n) is 3.97. The van der Waals surface area contributed by atoms with Crippen molar-refractivity contribution in [2.45, 2.75) is 51.2 Å². The molecule has 1 unspecified atom stereocenters. The highest BCUT2D eigenvalue weighted by molar-refractivity contribution is 7.92. The Morgan fingerprint density at radius 3 is 2.21 bits per heavy atom. The van der Waals surface area contributed by atoms with Crippen LogP contribution in [0.2, 0.25) is 0 Å². The van der Waals surface area contributed by atoms with Crippen LogP contribution in [0.1, 0.15) is 31.9 Å². The van der Waals surface area contributed by atoms with Gasteiger partial charge in [0.2, 0.25) is 11.8 Å². The first-order valence-electron chi connectivity index (χ1n) is 12.4. The molecular weight excluding hydrogens is 520 g/mol. The van der Waals surface area contributed by atoms with E-state index in [4.69, 9.17) is 0 Å². The lowest BCUT2D eigenvalue weighted by molar-refractivity contribution is -0.384. The number of nitrogens with zero attached hydrogens (tertiary/aromatic N) is 3. The van der Waals surface area contributed by atoms with Crippen LogP contribution in [0.25, 0.3) is 0 Å². The molecule has 3 aromatic rings. The number of hydrogen-bond acceptors (Lipinski definition) is 6. The number of non-ortho nitro benzene ring substituents is 1. The number of benzene rings is 3. The van der Waals surface area contributed by atoms with Crippen molar-refractivity contribution >= 4 is 33.2 Å². The lowest BCUT2D eigenvalue weighted by Crippen LogP contribution is -2.52. The molecule has 0 aliphatic carbocycles. The van der Waals surface area contributed by atoms with Crippen LogP contribution in [0.4, 0.5) is 11.4 Å². The number of nitro benzene ring substituents is 1. The van der Waals surface area contributed by atoms with Crippen LogP contribution >= 0.6 is 0 Å². The Balaban J connectivity index is 2.08. The lowest BCUT2D eigenvalue weighted by atomic mass is 10.1. The SMILES string of the molecule is Cc1ccccc1CN(C(=O)CN(c1cccc([N+](=O)[O-])c1)S(=O)(=O)c1ccccc1)C(C)C(=O)NC(C)C. The molecule has 11 heteroatoms. The van der Waals surface area contributed by atoms with Crippen LogP contribution < -0.4 is 9.62 Å². The summed E-state index contributed by atoms with van der Waals surface area (Å²) in [5.74, 6) is -1.03. The minimum Gasteiger partial charge on any atom is -0.352 e. The maximum Gasteiger partial charge on any atom is 0.271 e. The summed E-state index contributed by atoms with van der Waals surface area (Å²) in [6, 6.07) is 18.9. The van der Waals surface area contributed by atoms with Gasteiger partial charge in [-0.15, -0.1) is 0 Å². The molecule has 39 heavy (non-hydrogen) atoms. The molecule has 0 spiro atoms. The third-order valence-electron chi connectivity index (χ3n) is 6.14. The average molecular weight is 553 g/mol. The zero-order chi connectivity index (χ0) is 28.7. The van der Waals surface area contributed by atoms with Crippen LogP contribution in [0, 0.1) is 17.0 Å². The molecular formula is C28H32N4O6S. The number of hydrogen-bond donors (Lipinski definition) is 1. The number of rotatable bonds is 11. The van der Waals surface area contributed by atoms with E-state index in [2.05, 4.69) is 5.32 Å². The first-order chi connectivity index (χ1) is 18.4. The summed E-state index contributed by atoms with van der Waals surface area (Å²) in [7, 11) is -4.31. The summed E-state index contributed by atoms with van der Waals surface area (Å²) in [6.45, 7) is 6.45. The van der Waals surface area contributed by atoms with Gasteiger partial charge in [-0.2, -0.15) is 0 Å². The molecule has 0 aliphatic heterocycles. The number of amides is 2. The van der Waals surface area contributed by atoms with Gasteiger partial charge < -0.3 is 10.2 Å². The summed E-state index contributed by atoms with van der Waals surface area (Å²) in [6.07, 6.45) is 0. The van der Waals surface area contributed by atoms with Crippen LogP contribution in [-0.2, 0) is 26.2 Å². The van der Waals surface area contributed by atoms with E-state index in [0.29, 0.717) is 0 Å². The van der Waals surface area contributed by atoms with Crippen LogP contribution in [-0.4, -0.2) is 48.7 Å². The second kappa shape index (κ2) is 12.5. The molecule has 0 aromatic heterocycles. The minimum atomic E-state index is -4.31. The van der Waals surface area contributed by atoms with Crippen molar-refractivity contribution < 1.29 is 22.9 Å². The van der Waals surface area contributed by atoms with E-state index in [1.165, 1.54) is 35.2 Å². The molecule has 3 rings (SSSR count). The van der Waals surface area contributed by atoms with Gasteiger partial charge in [-0.3, -0.25) is 24.0 Å². The van der Waals surface area contributed by atoms with Gasteiger partial charge in [0.05, 0.1) is 15.5 Å². The van der Waals surface area contributed by atoms with E-state index >= 15 is 0 Å². The molecule has 0 radical (unpaired) electrons. The topological polar surface area (TPSA) is 130 Å². The maximum absolute atomic E-state index is 13.9. The normalized spacial score (nSPS) is 12.0. The van der Waals surface area contributed by atoms with Crippen molar-refractivity contribution in [3.8, 4) is 0 Å². The van der Waals surface area contributed by atoms with E-state index in [1.807, 2.05) is 31.2 Å². The summed E-state index contributed by atoms with van der Waals surface area (Å²) >= 11 is 0. The predicted molar refractivity (Wildman–Crippen MR) is 149 cm³/mol. The molecule has 0 bridgehead atoms. The van der Waals surface area contributed by atoms with Gasteiger partial charge >= 0.3 is 0 Å². The van der Waals surface area contributed by atoms with Gasteiger partial charge in [-0.25, -0.2) is 8.42 Å². The second-order valence-corrected chi connectivity index (χ2v) is 11.3. The number of sulfonamides is 1. The summed E-state index contributed by atoms with van der Waals surface area (Å²) in [5.41, 5.74) is 1.33. The quantitative estimate of drug-likeness (QED) is 0.282. The maximum atomic E-state index is 13.9. The smallest absolute Gasteiger partial charge is 0.271 e. The Kier molecular flexibility index (Phi) is 9.42. The van der Waals surface area contributed by atoms with Gasteiger partial charge in [0.25, 0.3) is 15.7 Å². The standard InChI is InChI=1S/C28H32N4O6S/c1-20(2)29-28(34)22(4)30(18-23-12-9-8-11-21(23)3)27(33)19-31(24-13-10-14-25(17-24)32(35)36)39(37,38)26-15-6-5-7-16-26/h5-17,20,22H,18-19H2,1-4H3,(H,29,34). The molecule has 1 N–H and O–H groups in total. The number of anilines is 1. The highest BCUT2D eigenvalue weighted by Gasteiger charge is 2.33. The van der Waals surface area contributed by atoms with Gasteiger partial charge in [-0.1, -0.05) is 48.5 Å². The summed E-state index contributed by atoms with van der Waals surface area (Å²) in [4.78, 5) is 38.9. The lowest BCUT2D eigenvalue weighted by Gasteiger charge is -2.32. The zero-order valence-corrected chi connectivity index (χ0v) is 23.1. The number of nitrogens with one attached hydrogen (secondary N) is 1. The fraction of sp³-hybridized carbons (Fsp3) is 0.286.